The van der Waals surface area contributed by atoms with Crippen LogP contribution in [0.3, 0.4) is 0 Å². The zero-order chi connectivity index (χ0) is 21.4. The Labute approximate surface area is 184 Å². The molecule has 4 aromatic rings. The van der Waals surface area contributed by atoms with Crippen LogP contribution in [0.2, 0.25) is 0 Å². The van der Waals surface area contributed by atoms with Gasteiger partial charge >= 0.3 is 0 Å². The zero-order valence-electron chi connectivity index (χ0n) is 17.5. The molecule has 1 saturated heterocycles. The van der Waals surface area contributed by atoms with Crippen molar-refractivity contribution in [1.82, 2.24) is 29.5 Å². The number of rotatable bonds is 5. The summed E-state index contributed by atoms with van der Waals surface area (Å²) in [7, 11) is 0. The molecule has 1 fully saturated rings. The molecule has 0 amide bonds. The molecule has 0 spiro atoms. The van der Waals surface area contributed by atoms with Gasteiger partial charge in [0.1, 0.15) is 17.0 Å². The summed E-state index contributed by atoms with van der Waals surface area (Å²) in [4.78, 5) is 25.4. The van der Waals surface area contributed by atoms with Gasteiger partial charge in [-0.05, 0) is 24.8 Å². The number of fused-ring (bicyclic) bond motifs is 1. The maximum atomic E-state index is 5.72. The van der Waals surface area contributed by atoms with Gasteiger partial charge in [0, 0.05) is 48.0 Å². The van der Waals surface area contributed by atoms with E-state index >= 15 is 0 Å². The first kappa shape index (κ1) is 19.8. The van der Waals surface area contributed by atoms with Gasteiger partial charge in [-0.2, -0.15) is 16.3 Å². The van der Waals surface area contributed by atoms with Gasteiger partial charge in [-0.25, -0.2) is 19.9 Å². The molecule has 1 atom stereocenters. The third-order valence-electron chi connectivity index (χ3n) is 5.58. The Morgan fingerprint density at radius 3 is 2.58 bits per heavy atom. The molecule has 160 valence electrons. The molecule has 2 N–H and O–H groups in total. The van der Waals surface area contributed by atoms with Crippen molar-refractivity contribution in [3.05, 3.63) is 29.2 Å². The van der Waals surface area contributed by atoms with Crippen LogP contribution in [0.25, 0.3) is 33.8 Å². The van der Waals surface area contributed by atoms with Crippen LogP contribution in [0.15, 0.2) is 29.2 Å². The smallest absolute Gasteiger partial charge is 0.228 e. The Hall–Kier alpha value is -3.11. The van der Waals surface area contributed by atoms with Crippen molar-refractivity contribution >= 4 is 34.4 Å². The third-order valence-corrected chi connectivity index (χ3v) is 6.26. The lowest BCUT2D eigenvalue weighted by atomic mass is 10.2. The minimum Gasteiger partial charge on any atom is -0.378 e. The Morgan fingerprint density at radius 1 is 1.13 bits per heavy atom. The van der Waals surface area contributed by atoms with Crippen LogP contribution in [0.4, 0.5) is 11.9 Å². The van der Waals surface area contributed by atoms with Crippen LogP contribution < -0.4 is 10.6 Å². The largest absolute Gasteiger partial charge is 0.378 e. The van der Waals surface area contributed by atoms with E-state index in [0.29, 0.717) is 24.9 Å². The second kappa shape index (κ2) is 8.20. The van der Waals surface area contributed by atoms with E-state index in [1.807, 2.05) is 0 Å². The highest BCUT2D eigenvalue weighted by atomic mass is 32.1. The number of hydrogen-bond donors (Lipinski definition) is 1. The van der Waals surface area contributed by atoms with Gasteiger partial charge in [0.15, 0.2) is 5.65 Å². The summed E-state index contributed by atoms with van der Waals surface area (Å²) in [5.41, 5.74) is 9.84. The van der Waals surface area contributed by atoms with Crippen molar-refractivity contribution in [2.45, 2.75) is 26.3 Å². The molecular weight excluding hydrogens is 412 g/mol. The predicted molar refractivity (Wildman–Crippen MR) is 122 cm³/mol. The lowest BCUT2D eigenvalue weighted by Crippen LogP contribution is -2.37. The highest BCUT2D eigenvalue weighted by Crippen LogP contribution is 2.35. The molecule has 0 aliphatic carbocycles. The highest BCUT2D eigenvalue weighted by molar-refractivity contribution is 7.08. The molecular formula is C21H24N8OS. The summed E-state index contributed by atoms with van der Waals surface area (Å²) in [5.74, 6) is 1.80. The number of ether oxygens (including phenoxy) is 1. The quantitative estimate of drug-likeness (QED) is 0.507. The molecule has 9 nitrogen and oxygen atoms in total. The summed E-state index contributed by atoms with van der Waals surface area (Å²) in [6, 6.07) is 2.32. The number of thiophene rings is 1. The van der Waals surface area contributed by atoms with Gasteiger partial charge in [-0.3, -0.25) is 0 Å². The minimum absolute atomic E-state index is 0.225. The standard InChI is InChI=1S/C21H24N8OS/c1-3-13(2)29-18(14-4-9-31-12-14)25-17-16(15-10-23-20(22)24-11-15)26-21(27-19(17)29)28-5-7-30-8-6-28/h4,9-13H,3,5-8H2,1-2H3,(H2,22,23,24). The number of nitrogens with two attached hydrogens (primary N) is 1. The van der Waals surface area contributed by atoms with Crippen molar-refractivity contribution in [2.24, 2.45) is 0 Å². The van der Waals surface area contributed by atoms with Crippen molar-refractivity contribution < 1.29 is 4.74 Å². The van der Waals surface area contributed by atoms with Gasteiger partial charge in [0.2, 0.25) is 11.9 Å². The van der Waals surface area contributed by atoms with Crippen LogP contribution in [0.5, 0.6) is 0 Å². The second-order valence-electron chi connectivity index (χ2n) is 7.55. The van der Waals surface area contributed by atoms with Crippen LogP contribution in [0, 0.1) is 0 Å². The predicted octanol–water partition coefficient (Wildman–Crippen LogP) is 3.40. The number of anilines is 2. The summed E-state index contributed by atoms with van der Waals surface area (Å²) >= 11 is 1.66. The first-order valence-electron chi connectivity index (χ1n) is 10.4. The summed E-state index contributed by atoms with van der Waals surface area (Å²) in [6.45, 7) is 7.18. The third kappa shape index (κ3) is 3.61. The van der Waals surface area contributed by atoms with Gasteiger partial charge in [-0.1, -0.05) is 6.92 Å². The van der Waals surface area contributed by atoms with Crippen LogP contribution in [-0.4, -0.2) is 55.8 Å². The number of hydrogen-bond acceptors (Lipinski definition) is 9. The normalized spacial score (nSPS) is 15.5. The molecule has 31 heavy (non-hydrogen) atoms. The number of imidazole rings is 1. The molecule has 0 aromatic carbocycles. The fraction of sp³-hybridized carbons (Fsp3) is 0.381. The van der Waals surface area contributed by atoms with Gasteiger partial charge < -0.3 is 19.9 Å². The summed E-state index contributed by atoms with van der Waals surface area (Å²) < 4.78 is 7.75. The van der Waals surface area contributed by atoms with Crippen LogP contribution in [0.1, 0.15) is 26.3 Å². The Bertz CT molecular complexity index is 1180. The Kier molecular flexibility index (Phi) is 5.24. The number of nitrogen functional groups attached to an aromatic ring is 1. The average Bonchev–Trinajstić information content (AvgIpc) is 3.47. The fourth-order valence-electron chi connectivity index (χ4n) is 3.72. The fourth-order valence-corrected chi connectivity index (χ4v) is 4.36. The van der Waals surface area contributed by atoms with E-state index in [2.05, 4.69) is 50.1 Å². The number of nitrogens with zero attached hydrogens (tertiary/aromatic N) is 7. The zero-order valence-corrected chi connectivity index (χ0v) is 18.3. The molecule has 1 aliphatic rings. The monoisotopic (exact) mass is 436 g/mol. The van der Waals surface area contributed by atoms with E-state index in [1.165, 1.54) is 0 Å². The molecule has 1 aliphatic heterocycles. The van der Waals surface area contributed by atoms with Gasteiger partial charge in [-0.15, -0.1) is 0 Å². The lowest BCUT2D eigenvalue weighted by Gasteiger charge is -2.27. The maximum absolute atomic E-state index is 5.72. The molecule has 10 heteroatoms. The molecule has 0 saturated carbocycles. The van der Waals surface area contributed by atoms with Crippen molar-refractivity contribution in [3.8, 4) is 22.6 Å². The van der Waals surface area contributed by atoms with E-state index in [0.717, 1.165) is 47.6 Å². The van der Waals surface area contributed by atoms with Gasteiger partial charge in [0.25, 0.3) is 0 Å². The van der Waals surface area contributed by atoms with E-state index in [1.54, 1.807) is 23.7 Å². The summed E-state index contributed by atoms with van der Waals surface area (Å²) in [5, 5.41) is 4.18. The molecule has 5 heterocycles. The average molecular weight is 437 g/mol. The lowest BCUT2D eigenvalue weighted by molar-refractivity contribution is 0.122. The second-order valence-corrected chi connectivity index (χ2v) is 8.33. The van der Waals surface area contributed by atoms with Crippen LogP contribution in [-0.2, 0) is 4.74 Å². The van der Waals surface area contributed by atoms with E-state index in [-0.39, 0.29) is 12.0 Å². The topological polar surface area (TPSA) is 108 Å². The van der Waals surface area contributed by atoms with Crippen molar-refractivity contribution in [2.75, 3.05) is 36.9 Å². The van der Waals surface area contributed by atoms with Crippen LogP contribution >= 0.6 is 11.3 Å². The van der Waals surface area contributed by atoms with E-state index in [9.17, 15) is 0 Å². The van der Waals surface area contributed by atoms with Crippen molar-refractivity contribution in [3.63, 3.8) is 0 Å². The molecule has 4 aromatic heterocycles. The Balaban J connectivity index is 1.79. The number of aromatic nitrogens is 6. The minimum atomic E-state index is 0.225. The first-order valence-corrected chi connectivity index (χ1v) is 11.3. The van der Waals surface area contributed by atoms with Crippen molar-refractivity contribution in [1.29, 1.82) is 0 Å². The molecule has 5 rings (SSSR count). The Morgan fingerprint density at radius 2 is 1.90 bits per heavy atom. The molecule has 0 radical (unpaired) electrons. The van der Waals surface area contributed by atoms with E-state index < -0.39 is 0 Å². The van der Waals surface area contributed by atoms with Gasteiger partial charge in [0.05, 0.1) is 13.2 Å². The summed E-state index contributed by atoms with van der Waals surface area (Å²) in [6.07, 6.45) is 4.35. The molecule has 1 unspecified atom stereocenters. The number of morpholine rings is 1. The SMILES string of the molecule is CCC(C)n1c(-c2ccsc2)nc2c(-c3cnc(N)nc3)nc(N3CCOCC3)nc21. The maximum Gasteiger partial charge on any atom is 0.228 e. The highest BCUT2D eigenvalue weighted by Gasteiger charge is 2.25. The first-order chi connectivity index (χ1) is 15.2. The molecule has 0 bridgehead atoms. The van der Waals surface area contributed by atoms with E-state index in [4.69, 9.17) is 25.4 Å².